The van der Waals surface area contributed by atoms with E-state index in [4.69, 9.17) is 9.47 Å². The van der Waals surface area contributed by atoms with Crippen molar-refractivity contribution in [2.45, 2.75) is 13.5 Å². The molecule has 0 spiro atoms. The normalized spacial score (nSPS) is 12.3. The number of nitrogens with one attached hydrogen (secondary N) is 1. The quantitative estimate of drug-likeness (QED) is 0.655. The van der Waals surface area contributed by atoms with Gasteiger partial charge in [0.2, 0.25) is 6.79 Å². The molecule has 0 saturated heterocycles. The number of non-ortho nitro benzene ring substituents is 1. The summed E-state index contributed by atoms with van der Waals surface area (Å²) in [6, 6.07) is 8.52. The Balaban J connectivity index is 1.81. The Morgan fingerprint density at radius 2 is 2.00 bits per heavy atom. The number of nitro groups is 1. The molecule has 7 heteroatoms. The van der Waals surface area contributed by atoms with Crippen molar-refractivity contribution < 1.29 is 14.4 Å². The van der Waals surface area contributed by atoms with Crippen LogP contribution in [0.1, 0.15) is 11.1 Å². The fraction of sp³-hybridized carbons (Fsp3) is 0.200. The van der Waals surface area contributed by atoms with Crippen molar-refractivity contribution in [1.82, 2.24) is 0 Å². The third kappa shape index (κ3) is 2.85. The monoisotopic (exact) mass is 364 g/mol. The van der Waals surface area contributed by atoms with E-state index in [2.05, 4.69) is 21.2 Å². The number of hydrogen-bond donors (Lipinski definition) is 1. The highest BCUT2D eigenvalue weighted by Gasteiger charge is 2.16. The van der Waals surface area contributed by atoms with Gasteiger partial charge in [0.15, 0.2) is 11.5 Å². The van der Waals surface area contributed by atoms with E-state index >= 15 is 0 Å². The number of anilines is 1. The standard InChI is InChI=1S/C15H13BrN2O4/c1-9-2-3-11(18(19)20)5-13(9)17-7-10-4-14-15(6-12(10)16)22-8-21-14/h2-6,17H,7-8H2,1H3. The predicted octanol–water partition coefficient (Wildman–Crippen LogP) is 4.01. The molecule has 0 atom stereocenters. The smallest absolute Gasteiger partial charge is 0.271 e. The Bertz CT molecular complexity index is 749. The molecule has 6 nitrogen and oxygen atoms in total. The summed E-state index contributed by atoms with van der Waals surface area (Å²) in [7, 11) is 0. The number of ether oxygens (including phenoxy) is 2. The van der Waals surface area contributed by atoms with Crippen LogP contribution in [0.25, 0.3) is 0 Å². The summed E-state index contributed by atoms with van der Waals surface area (Å²) < 4.78 is 11.6. The zero-order chi connectivity index (χ0) is 15.7. The second-order valence-corrected chi connectivity index (χ2v) is 5.76. The summed E-state index contributed by atoms with van der Waals surface area (Å²) in [5, 5.41) is 14.1. The minimum Gasteiger partial charge on any atom is -0.454 e. The van der Waals surface area contributed by atoms with E-state index < -0.39 is 4.92 Å². The van der Waals surface area contributed by atoms with Crippen molar-refractivity contribution in [3.63, 3.8) is 0 Å². The van der Waals surface area contributed by atoms with Crippen LogP contribution in [0.5, 0.6) is 11.5 Å². The Hall–Kier alpha value is -2.28. The van der Waals surface area contributed by atoms with Crippen LogP contribution in [0, 0.1) is 17.0 Å². The highest BCUT2D eigenvalue weighted by Crippen LogP contribution is 2.37. The Morgan fingerprint density at radius 1 is 1.27 bits per heavy atom. The van der Waals surface area contributed by atoms with Gasteiger partial charge in [-0.15, -0.1) is 0 Å². The van der Waals surface area contributed by atoms with Crippen molar-refractivity contribution in [3.05, 3.63) is 56.0 Å². The molecule has 1 heterocycles. The van der Waals surface area contributed by atoms with Crippen molar-refractivity contribution in [2.75, 3.05) is 12.1 Å². The van der Waals surface area contributed by atoms with E-state index in [-0.39, 0.29) is 12.5 Å². The third-order valence-electron chi connectivity index (χ3n) is 3.44. The van der Waals surface area contributed by atoms with E-state index in [0.717, 1.165) is 21.3 Å². The molecule has 2 aromatic carbocycles. The number of hydrogen-bond acceptors (Lipinski definition) is 5. The summed E-state index contributed by atoms with van der Waals surface area (Å²) in [6.07, 6.45) is 0. The number of benzene rings is 2. The SMILES string of the molecule is Cc1ccc([N+](=O)[O-])cc1NCc1cc2c(cc1Br)OCO2. The van der Waals surface area contributed by atoms with Gasteiger partial charge in [0.1, 0.15) is 0 Å². The van der Waals surface area contributed by atoms with Gasteiger partial charge in [0.25, 0.3) is 5.69 Å². The Labute approximate surface area is 135 Å². The van der Waals surface area contributed by atoms with E-state index in [1.54, 1.807) is 6.07 Å². The van der Waals surface area contributed by atoms with Gasteiger partial charge in [-0.3, -0.25) is 10.1 Å². The number of fused-ring (bicyclic) bond motifs is 1. The van der Waals surface area contributed by atoms with Gasteiger partial charge in [-0.1, -0.05) is 22.0 Å². The molecular formula is C15H13BrN2O4. The van der Waals surface area contributed by atoms with E-state index in [1.165, 1.54) is 12.1 Å². The number of aryl methyl sites for hydroxylation is 1. The molecule has 0 bridgehead atoms. The molecule has 0 radical (unpaired) electrons. The minimum absolute atomic E-state index is 0.0675. The fourth-order valence-corrected chi connectivity index (χ4v) is 2.66. The van der Waals surface area contributed by atoms with Gasteiger partial charge in [-0.25, -0.2) is 0 Å². The second-order valence-electron chi connectivity index (χ2n) is 4.91. The first-order chi connectivity index (χ1) is 10.5. The number of nitrogens with zero attached hydrogens (tertiary/aromatic N) is 1. The first kappa shape index (κ1) is 14.6. The molecule has 3 rings (SSSR count). The lowest BCUT2D eigenvalue weighted by Gasteiger charge is -2.11. The summed E-state index contributed by atoms with van der Waals surface area (Å²) in [4.78, 5) is 10.5. The number of halogens is 1. The fourth-order valence-electron chi connectivity index (χ4n) is 2.20. The lowest BCUT2D eigenvalue weighted by atomic mass is 10.1. The number of nitro benzene ring substituents is 1. The molecule has 0 unspecified atom stereocenters. The molecule has 114 valence electrons. The average molecular weight is 365 g/mol. The summed E-state index contributed by atoms with van der Waals surface area (Å²) in [5.74, 6) is 1.41. The molecule has 1 aliphatic rings. The lowest BCUT2D eigenvalue weighted by Crippen LogP contribution is -2.02. The largest absolute Gasteiger partial charge is 0.454 e. The summed E-state index contributed by atoms with van der Waals surface area (Å²) in [5.41, 5.74) is 2.73. The van der Waals surface area contributed by atoms with Crippen LogP contribution in [-0.2, 0) is 6.54 Å². The molecule has 0 saturated carbocycles. The van der Waals surface area contributed by atoms with Crippen molar-refractivity contribution in [3.8, 4) is 11.5 Å². The number of rotatable bonds is 4. The third-order valence-corrected chi connectivity index (χ3v) is 4.18. The minimum atomic E-state index is -0.402. The van der Waals surface area contributed by atoms with Gasteiger partial charge in [-0.2, -0.15) is 0 Å². The van der Waals surface area contributed by atoms with E-state index in [9.17, 15) is 10.1 Å². The van der Waals surface area contributed by atoms with Crippen molar-refractivity contribution in [2.24, 2.45) is 0 Å². The van der Waals surface area contributed by atoms with Crippen LogP contribution in [0.2, 0.25) is 0 Å². The summed E-state index contributed by atoms with van der Waals surface area (Å²) in [6.45, 7) is 2.64. The van der Waals surface area contributed by atoms with E-state index in [0.29, 0.717) is 18.0 Å². The molecule has 0 aromatic heterocycles. The summed E-state index contributed by atoms with van der Waals surface area (Å²) >= 11 is 3.50. The molecule has 0 amide bonds. The second kappa shape index (κ2) is 5.84. The van der Waals surface area contributed by atoms with Gasteiger partial charge in [0.05, 0.1) is 4.92 Å². The molecule has 1 N–H and O–H groups in total. The highest BCUT2D eigenvalue weighted by atomic mass is 79.9. The Morgan fingerprint density at radius 3 is 2.73 bits per heavy atom. The maximum Gasteiger partial charge on any atom is 0.271 e. The van der Waals surface area contributed by atoms with Crippen LogP contribution in [-0.4, -0.2) is 11.7 Å². The maximum atomic E-state index is 10.9. The van der Waals surface area contributed by atoms with Crippen LogP contribution >= 0.6 is 15.9 Å². The van der Waals surface area contributed by atoms with Crippen LogP contribution in [0.3, 0.4) is 0 Å². The lowest BCUT2D eigenvalue weighted by molar-refractivity contribution is -0.384. The molecule has 1 aliphatic heterocycles. The van der Waals surface area contributed by atoms with Crippen molar-refractivity contribution >= 4 is 27.3 Å². The zero-order valence-electron chi connectivity index (χ0n) is 11.8. The first-order valence-corrected chi connectivity index (χ1v) is 7.41. The molecule has 0 fully saturated rings. The highest BCUT2D eigenvalue weighted by molar-refractivity contribution is 9.10. The topological polar surface area (TPSA) is 73.6 Å². The zero-order valence-corrected chi connectivity index (χ0v) is 13.3. The average Bonchev–Trinajstić information content (AvgIpc) is 2.93. The van der Waals surface area contributed by atoms with E-state index in [1.807, 2.05) is 19.1 Å². The van der Waals surface area contributed by atoms with Gasteiger partial charge in [0, 0.05) is 28.8 Å². The van der Waals surface area contributed by atoms with Crippen LogP contribution in [0.4, 0.5) is 11.4 Å². The first-order valence-electron chi connectivity index (χ1n) is 6.61. The van der Waals surface area contributed by atoms with Crippen LogP contribution in [0.15, 0.2) is 34.8 Å². The van der Waals surface area contributed by atoms with Gasteiger partial charge < -0.3 is 14.8 Å². The molecule has 2 aromatic rings. The molecule has 0 aliphatic carbocycles. The van der Waals surface area contributed by atoms with Crippen molar-refractivity contribution in [1.29, 1.82) is 0 Å². The van der Waals surface area contributed by atoms with Gasteiger partial charge >= 0.3 is 0 Å². The van der Waals surface area contributed by atoms with Gasteiger partial charge in [-0.05, 0) is 30.2 Å². The maximum absolute atomic E-state index is 10.9. The predicted molar refractivity (Wildman–Crippen MR) is 85.4 cm³/mol. The Kier molecular flexibility index (Phi) is 3.89. The molecular weight excluding hydrogens is 352 g/mol. The van der Waals surface area contributed by atoms with Crippen LogP contribution < -0.4 is 14.8 Å². The molecule has 22 heavy (non-hydrogen) atoms.